The smallest absolute Gasteiger partial charge is 0.320 e. The van der Waals surface area contributed by atoms with Crippen LogP contribution < -0.4 is 31.2 Å². The highest BCUT2D eigenvalue weighted by Gasteiger charge is 2.23. The van der Waals surface area contributed by atoms with Crippen LogP contribution in [0.3, 0.4) is 0 Å². The number of carbonyl (C=O) groups is 1. The fourth-order valence-corrected chi connectivity index (χ4v) is 4.82. The zero-order valence-electron chi connectivity index (χ0n) is 20.8. The van der Waals surface area contributed by atoms with Crippen LogP contribution in [0.5, 0.6) is 11.5 Å². The fraction of sp³-hybridized carbons (Fsp3) is 0.231. The minimum Gasteiger partial charge on any atom is -0.450 e. The number of pyridine rings is 1. The van der Waals surface area contributed by atoms with Gasteiger partial charge in [0.15, 0.2) is 17.1 Å². The first-order valence-corrected chi connectivity index (χ1v) is 12.9. The molecule has 0 fully saturated rings. The number of fused-ring (bicyclic) bond motifs is 2. The summed E-state index contributed by atoms with van der Waals surface area (Å²) in [5, 5.41) is 10.1. The Morgan fingerprint density at radius 3 is 2.66 bits per heavy atom. The van der Waals surface area contributed by atoms with E-state index in [0.717, 1.165) is 4.47 Å². The summed E-state index contributed by atoms with van der Waals surface area (Å²) in [6, 6.07) is 12.3. The molecule has 0 radical (unpaired) electrons. The maximum absolute atomic E-state index is 12.8. The van der Waals surface area contributed by atoms with Crippen molar-refractivity contribution in [2.75, 3.05) is 17.2 Å². The van der Waals surface area contributed by atoms with E-state index in [-0.39, 0.29) is 6.54 Å². The minimum absolute atomic E-state index is 0.244. The van der Waals surface area contributed by atoms with Crippen LogP contribution in [-0.4, -0.2) is 39.4 Å². The van der Waals surface area contributed by atoms with E-state index in [1.807, 2.05) is 45.0 Å². The minimum atomic E-state index is -0.505. The molecule has 1 atom stereocenters. The largest absolute Gasteiger partial charge is 0.450 e. The topological polar surface area (TPSA) is 136 Å². The van der Waals surface area contributed by atoms with Gasteiger partial charge in [0.2, 0.25) is 5.95 Å². The molecule has 3 heterocycles. The number of anilines is 3. The molecule has 1 aliphatic rings. The summed E-state index contributed by atoms with van der Waals surface area (Å²) in [6.07, 6.45) is 1.15. The number of rotatable bonds is 5. The average molecular weight is 599 g/mol. The maximum Gasteiger partial charge on any atom is 0.320 e. The summed E-state index contributed by atoms with van der Waals surface area (Å²) in [5.74, 6) is 1.81. The van der Waals surface area contributed by atoms with Crippen molar-refractivity contribution in [1.29, 1.82) is 0 Å². The number of amides is 2. The molecule has 1 unspecified atom stereocenters. The number of hydrogen-bond acceptors (Lipinski definition) is 8. The molecule has 0 bridgehead atoms. The van der Waals surface area contributed by atoms with Gasteiger partial charge in [-0.2, -0.15) is 4.98 Å². The summed E-state index contributed by atoms with van der Waals surface area (Å²) in [5.41, 5.74) is 7.57. The van der Waals surface area contributed by atoms with Crippen LogP contribution in [0.25, 0.3) is 22.2 Å². The molecular formula is C26H25BrClN7O3. The van der Waals surface area contributed by atoms with Crippen LogP contribution >= 0.6 is 27.5 Å². The maximum atomic E-state index is 12.8. The summed E-state index contributed by atoms with van der Waals surface area (Å²) < 4.78 is 12.0. The Morgan fingerprint density at radius 2 is 1.92 bits per heavy atom. The third-order valence-corrected chi connectivity index (χ3v) is 6.41. The highest BCUT2D eigenvalue weighted by molar-refractivity contribution is 9.10. The van der Waals surface area contributed by atoms with E-state index in [2.05, 4.69) is 46.8 Å². The lowest BCUT2D eigenvalue weighted by atomic mass is 10.1. The van der Waals surface area contributed by atoms with Gasteiger partial charge >= 0.3 is 6.03 Å². The number of hydrogen-bond donors (Lipinski definition) is 4. The summed E-state index contributed by atoms with van der Waals surface area (Å²) in [7, 11) is 0. The fourth-order valence-electron chi connectivity index (χ4n) is 3.85. The zero-order chi connectivity index (χ0) is 27.0. The Hall–Kier alpha value is -3.67. The van der Waals surface area contributed by atoms with Crippen molar-refractivity contribution >= 4 is 62.0 Å². The number of urea groups is 1. The predicted octanol–water partition coefficient (Wildman–Crippen LogP) is 5.83. The Morgan fingerprint density at radius 1 is 1.13 bits per heavy atom. The average Bonchev–Trinajstić information content (AvgIpc) is 3.25. The molecule has 0 saturated heterocycles. The van der Waals surface area contributed by atoms with Crippen LogP contribution in [0.4, 0.5) is 22.2 Å². The first-order chi connectivity index (χ1) is 18.1. The van der Waals surface area contributed by atoms with Crippen molar-refractivity contribution < 1.29 is 14.3 Å². The molecule has 2 amide bonds. The van der Waals surface area contributed by atoms with E-state index >= 15 is 0 Å². The molecule has 0 saturated carbocycles. The molecule has 196 valence electrons. The van der Waals surface area contributed by atoms with Gasteiger partial charge in [0, 0.05) is 49.5 Å². The highest BCUT2D eigenvalue weighted by Crippen LogP contribution is 2.40. The SMILES string of the molecule is CC(C)(C)NC(=O)Nc1nc2nc(Nc3ccc4c(c3)OC(CN)O4)ncc2cc1-c1c(Cl)cccc1Br. The number of aromatic nitrogens is 3. The second-order valence-electron chi connectivity index (χ2n) is 9.60. The van der Waals surface area contributed by atoms with Gasteiger partial charge in [-0.05, 0) is 51.1 Å². The molecule has 38 heavy (non-hydrogen) atoms. The predicted molar refractivity (Wildman–Crippen MR) is 151 cm³/mol. The van der Waals surface area contributed by atoms with Crippen LogP contribution in [0.2, 0.25) is 5.02 Å². The highest BCUT2D eigenvalue weighted by atomic mass is 79.9. The number of nitrogens with one attached hydrogen (secondary N) is 3. The number of benzene rings is 2. The Kier molecular flexibility index (Phi) is 6.99. The van der Waals surface area contributed by atoms with E-state index in [4.69, 9.17) is 26.8 Å². The second kappa shape index (κ2) is 10.2. The first-order valence-electron chi connectivity index (χ1n) is 11.8. The zero-order valence-corrected chi connectivity index (χ0v) is 23.1. The van der Waals surface area contributed by atoms with Gasteiger partial charge in [-0.3, -0.25) is 5.32 Å². The van der Waals surface area contributed by atoms with Crippen LogP contribution in [0.15, 0.2) is 53.1 Å². The van der Waals surface area contributed by atoms with Crippen LogP contribution in [0, 0.1) is 0 Å². The van der Waals surface area contributed by atoms with Gasteiger partial charge in [0.1, 0.15) is 5.82 Å². The second-order valence-corrected chi connectivity index (χ2v) is 10.9. The number of halogens is 2. The number of ether oxygens (including phenoxy) is 2. The van der Waals surface area contributed by atoms with Crippen molar-refractivity contribution in [3.63, 3.8) is 0 Å². The molecule has 5 N–H and O–H groups in total. The number of carbonyl (C=O) groups excluding carboxylic acids is 1. The molecule has 0 aliphatic carbocycles. The van der Waals surface area contributed by atoms with Crippen molar-refractivity contribution in [2.45, 2.75) is 32.6 Å². The third-order valence-electron chi connectivity index (χ3n) is 5.43. The standard InChI is InChI=1S/C26H25BrClN7O3/c1-26(2,3)35-25(36)34-23-15(21-16(27)5-4-6-17(21)28)9-13-12-30-24(33-22(13)32-23)31-14-7-8-18-19(10-14)38-20(11-29)37-18/h4-10,12,20H,11,29H2,1-3H3,(H3,30,31,32,33,34,35,36). The van der Waals surface area contributed by atoms with Gasteiger partial charge in [0.25, 0.3) is 6.29 Å². The normalized spacial score (nSPS) is 14.4. The van der Waals surface area contributed by atoms with Crippen molar-refractivity contribution in [2.24, 2.45) is 5.73 Å². The third kappa shape index (κ3) is 5.59. The summed E-state index contributed by atoms with van der Waals surface area (Å²) in [4.78, 5) is 26.5. The van der Waals surface area contributed by atoms with E-state index in [9.17, 15) is 4.79 Å². The Labute approximate surface area is 232 Å². The Balaban J connectivity index is 1.52. The van der Waals surface area contributed by atoms with Crippen LogP contribution in [0.1, 0.15) is 20.8 Å². The van der Waals surface area contributed by atoms with E-state index in [0.29, 0.717) is 56.1 Å². The molecule has 1 aliphatic heterocycles. The monoisotopic (exact) mass is 597 g/mol. The van der Waals surface area contributed by atoms with Crippen molar-refractivity contribution in [1.82, 2.24) is 20.3 Å². The van der Waals surface area contributed by atoms with Gasteiger partial charge in [-0.15, -0.1) is 0 Å². The van der Waals surface area contributed by atoms with Crippen molar-refractivity contribution in [3.05, 3.63) is 58.2 Å². The molecular weight excluding hydrogens is 574 g/mol. The molecule has 2 aromatic heterocycles. The molecule has 4 aromatic rings. The first kappa shape index (κ1) is 26.0. The molecule has 2 aromatic carbocycles. The molecule has 5 rings (SSSR count). The van der Waals surface area contributed by atoms with Gasteiger partial charge < -0.3 is 25.8 Å². The van der Waals surface area contributed by atoms with Crippen LogP contribution in [-0.2, 0) is 0 Å². The molecule has 0 spiro atoms. The van der Waals surface area contributed by atoms with Gasteiger partial charge in [-0.1, -0.05) is 33.6 Å². The molecule has 12 heteroatoms. The van der Waals surface area contributed by atoms with Crippen molar-refractivity contribution in [3.8, 4) is 22.6 Å². The van der Waals surface area contributed by atoms with E-state index < -0.39 is 17.9 Å². The summed E-state index contributed by atoms with van der Waals surface area (Å²) in [6.45, 7) is 5.92. The number of nitrogens with two attached hydrogens (primary N) is 1. The quantitative estimate of drug-likeness (QED) is 0.225. The molecule has 10 nitrogen and oxygen atoms in total. The van der Waals surface area contributed by atoms with Gasteiger partial charge in [0.05, 0.1) is 6.54 Å². The van der Waals surface area contributed by atoms with Gasteiger partial charge in [-0.25, -0.2) is 14.8 Å². The van der Waals surface area contributed by atoms with E-state index in [1.54, 1.807) is 24.4 Å². The summed E-state index contributed by atoms with van der Waals surface area (Å²) >= 11 is 10.1. The lowest BCUT2D eigenvalue weighted by Crippen LogP contribution is -2.43. The number of nitrogens with zero attached hydrogens (tertiary/aromatic N) is 3. The Bertz CT molecular complexity index is 1520. The van der Waals surface area contributed by atoms with E-state index in [1.165, 1.54) is 0 Å². The lowest BCUT2D eigenvalue weighted by Gasteiger charge is -2.21. The lowest BCUT2D eigenvalue weighted by molar-refractivity contribution is 0.0581.